The number of thioether (sulfide) groups is 1. The molecule has 0 unspecified atom stereocenters. The van der Waals surface area contributed by atoms with Gasteiger partial charge >= 0.3 is 6.09 Å². The van der Waals surface area contributed by atoms with Crippen LogP contribution in [0.1, 0.15) is 33.6 Å². The summed E-state index contributed by atoms with van der Waals surface area (Å²) >= 11 is 7.45. The average Bonchev–Trinajstić information content (AvgIpc) is 2.45. The SMILES string of the molecule is CSc1nc(Cl)cc(NC2CCN(C(=O)OC(C)(C)C)CC2)n1. The molecule has 0 saturated carbocycles. The summed E-state index contributed by atoms with van der Waals surface area (Å²) in [7, 11) is 0. The van der Waals surface area contributed by atoms with Crippen LogP contribution in [-0.4, -0.2) is 51.9 Å². The second kappa shape index (κ2) is 7.57. The largest absolute Gasteiger partial charge is 0.444 e. The van der Waals surface area contributed by atoms with E-state index in [2.05, 4.69) is 15.3 Å². The fraction of sp³-hybridized carbons (Fsp3) is 0.667. The number of nitrogens with one attached hydrogen (secondary N) is 1. The number of carbonyl (C=O) groups is 1. The molecule has 1 saturated heterocycles. The van der Waals surface area contributed by atoms with Gasteiger partial charge in [0, 0.05) is 25.2 Å². The molecule has 1 N–H and O–H groups in total. The van der Waals surface area contributed by atoms with Crippen LogP contribution in [0.4, 0.5) is 10.6 Å². The molecule has 0 aliphatic carbocycles. The minimum Gasteiger partial charge on any atom is -0.444 e. The van der Waals surface area contributed by atoms with Crippen LogP contribution in [0.25, 0.3) is 0 Å². The molecule has 0 bridgehead atoms. The summed E-state index contributed by atoms with van der Waals surface area (Å²) in [5.41, 5.74) is -0.460. The molecular formula is C15H23ClN4O2S. The molecule has 2 heterocycles. The van der Waals surface area contributed by atoms with Crippen molar-refractivity contribution >= 4 is 35.3 Å². The maximum atomic E-state index is 12.0. The number of amides is 1. The fourth-order valence-corrected chi connectivity index (χ4v) is 2.92. The number of anilines is 1. The molecule has 1 aromatic heterocycles. The van der Waals surface area contributed by atoms with E-state index in [1.54, 1.807) is 11.0 Å². The van der Waals surface area contributed by atoms with Crippen molar-refractivity contribution < 1.29 is 9.53 Å². The summed E-state index contributed by atoms with van der Waals surface area (Å²) < 4.78 is 5.40. The molecule has 0 radical (unpaired) electrons. The van der Waals surface area contributed by atoms with Crippen molar-refractivity contribution in [3.05, 3.63) is 11.2 Å². The molecular weight excluding hydrogens is 336 g/mol. The van der Waals surface area contributed by atoms with E-state index in [0.717, 1.165) is 18.7 Å². The number of ether oxygens (including phenoxy) is 1. The molecule has 1 fully saturated rings. The zero-order valence-corrected chi connectivity index (χ0v) is 15.5. The summed E-state index contributed by atoms with van der Waals surface area (Å²) in [5, 5.41) is 4.45. The van der Waals surface area contributed by atoms with Crippen LogP contribution in [0.5, 0.6) is 0 Å². The van der Waals surface area contributed by atoms with Crippen LogP contribution in [0.15, 0.2) is 11.2 Å². The van der Waals surface area contributed by atoms with Gasteiger partial charge in [-0.2, -0.15) is 0 Å². The predicted molar refractivity (Wildman–Crippen MR) is 93.3 cm³/mol. The third-order valence-electron chi connectivity index (χ3n) is 3.36. The Morgan fingerprint density at radius 1 is 1.39 bits per heavy atom. The highest BCUT2D eigenvalue weighted by atomic mass is 35.5. The van der Waals surface area contributed by atoms with E-state index in [1.807, 2.05) is 27.0 Å². The van der Waals surface area contributed by atoms with Crippen molar-refractivity contribution in [1.29, 1.82) is 0 Å². The number of halogens is 1. The van der Waals surface area contributed by atoms with Gasteiger partial charge in [0.25, 0.3) is 0 Å². The van der Waals surface area contributed by atoms with Crippen LogP contribution in [0.3, 0.4) is 0 Å². The van der Waals surface area contributed by atoms with Crippen LogP contribution in [0, 0.1) is 0 Å². The number of piperidine rings is 1. The van der Waals surface area contributed by atoms with E-state index < -0.39 is 5.60 Å². The Morgan fingerprint density at radius 2 is 2.04 bits per heavy atom. The van der Waals surface area contributed by atoms with Crippen molar-refractivity contribution in [3.8, 4) is 0 Å². The zero-order valence-electron chi connectivity index (χ0n) is 13.9. The lowest BCUT2D eigenvalue weighted by Crippen LogP contribution is -2.44. The van der Waals surface area contributed by atoms with Crippen LogP contribution in [0.2, 0.25) is 5.15 Å². The highest BCUT2D eigenvalue weighted by molar-refractivity contribution is 7.98. The number of nitrogens with zero attached hydrogens (tertiary/aromatic N) is 3. The summed E-state index contributed by atoms with van der Waals surface area (Å²) in [4.78, 5) is 22.3. The van der Waals surface area contributed by atoms with Gasteiger partial charge in [-0.1, -0.05) is 23.4 Å². The van der Waals surface area contributed by atoms with Gasteiger partial charge in [0.05, 0.1) is 0 Å². The topological polar surface area (TPSA) is 67.4 Å². The van der Waals surface area contributed by atoms with Gasteiger partial charge in [0.1, 0.15) is 16.6 Å². The van der Waals surface area contributed by atoms with Crippen molar-refractivity contribution in [1.82, 2.24) is 14.9 Å². The van der Waals surface area contributed by atoms with Gasteiger partial charge in [-0.3, -0.25) is 0 Å². The van der Waals surface area contributed by atoms with Gasteiger partial charge in [0.15, 0.2) is 5.16 Å². The molecule has 23 heavy (non-hydrogen) atoms. The van der Waals surface area contributed by atoms with E-state index in [0.29, 0.717) is 23.4 Å². The first-order valence-corrected chi connectivity index (χ1v) is 9.20. The molecule has 0 spiro atoms. The Bertz CT molecular complexity index is 557. The maximum Gasteiger partial charge on any atom is 0.410 e. The van der Waals surface area contributed by atoms with Gasteiger partial charge in [-0.05, 0) is 39.9 Å². The van der Waals surface area contributed by atoms with Gasteiger partial charge < -0.3 is 15.0 Å². The average molecular weight is 359 g/mol. The standard InChI is InChI=1S/C15H23ClN4O2S/c1-15(2,3)22-14(21)20-7-5-10(6-8-20)17-12-9-11(16)18-13(19-12)23-4/h9-10H,5-8H2,1-4H3,(H,17,18,19). The molecule has 128 valence electrons. The van der Waals surface area contributed by atoms with E-state index >= 15 is 0 Å². The Kier molecular flexibility index (Phi) is 5.97. The predicted octanol–water partition coefficient (Wildman–Crippen LogP) is 3.66. The van der Waals surface area contributed by atoms with E-state index in [1.165, 1.54) is 11.8 Å². The van der Waals surface area contributed by atoms with Crippen LogP contribution < -0.4 is 5.32 Å². The molecule has 0 atom stereocenters. The number of hydrogen-bond donors (Lipinski definition) is 1. The zero-order chi connectivity index (χ0) is 17.0. The summed E-state index contributed by atoms with van der Waals surface area (Å²) in [6.07, 6.45) is 3.35. The Hall–Kier alpha value is -1.21. The molecule has 1 aromatic rings. The summed E-state index contributed by atoms with van der Waals surface area (Å²) in [6, 6.07) is 1.98. The molecule has 6 nitrogen and oxygen atoms in total. The summed E-state index contributed by atoms with van der Waals surface area (Å²) in [5.74, 6) is 0.727. The van der Waals surface area contributed by atoms with Crippen molar-refractivity contribution in [3.63, 3.8) is 0 Å². The van der Waals surface area contributed by atoms with Crippen molar-refractivity contribution in [2.75, 3.05) is 24.7 Å². The lowest BCUT2D eigenvalue weighted by molar-refractivity contribution is 0.0210. The second-order valence-electron chi connectivity index (χ2n) is 6.45. The second-order valence-corrected chi connectivity index (χ2v) is 7.61. The Balaban J connectivity index is 1.87. The van der Waals surface area contributed by atoms with Gasteiger partial charge in [-0.25, -0.2) is 14.8 Å². The van der Waals surface area contributed by atoms with Crippen LogP contribution >= 0.6 is 23.4 Å². The monoisotopic (exact) mass is 358 g/mol. The lowest BCUT2D eigenvalue weighted by Gasteiger charge is -2.33. The van der Waals surface area contributed by atoms with Crippen LogP contribution in [-0.2, 0) is 4.74 Å². The third kappa shape index (κ3) is 5.73. The molecule has 0 aromatic carbocycles. The van der Waals surface area contributed by atoms with Crippen molar-refractivity contribution in [2.24, 2.45) is 0 Å². The third-order valence-corrected chi connectivity index (χ3v) is 4.10. The van der Waals surface area contributed by atoms with E-state index in [4.69, 9.17) is 16.3 Å². The number of carbonyl (C=O) groups excluding carboxylic acids is 1. The first-order valence-electron chi connectivity index (χ1n) is 7.60. The Labute approximate surface area is 146 Å². The fourth-order valence-electron chi connectivity index (χ4n) is 2.30. The highest BCUT2D eigenvalue weighted by Gasteiger charge is 2.27. The normalized spacial score (nSPS) is 16.3. The minimum absolute atomic E-state index is 0.245. The molecule has 8 heteroatoms. The molecule has 2 rings (SSSR count). The molecule has 1 aliphatic heterocycles. The van der Waals surface area contributed by atoms with Gasteiger partial charge in [-0.15, -0.1) is 0 Å². The quantitative estimate of drug-likeness (QED) is 0.505. The smallest absolute Gasteiger partial charge is 0.410 e. The van der Waals surface area contributed by atoms with Crippen molar-refractivity contribution in [2.45, 2.75) is 50.4 Å². The number of aromatic nitrogens is 2. The van der Waals surface area contributed by atoms with E-state index in [-0.39, 0.29) is 12.1 Å². The Morgan fingerprint density at radius 3 is 2.61 bits per heavy atom. The lowest BCUT2D eigenvalue weighted by atomic mass is 10.1. The molecule has 1 aliphatic rings. The molecule has 1 amide bonds. The first kappa shape index (κ1) is 18.1. The highest BCUT2D eigenvalue weighted by Crippen LogP contribution is 2.21. The first-order chi connectivity index (χ1) is 10.8. The maximum absolute atomic E-state index is 12.0. The van der Waals surface area contributed by atoms with E-state index in [9.17, 15) is 4.79 Å². The minimum atomic E-state index is -0.460. The number of likely N-dealkylation sites (tertiary alicyclic amines) is 1. The number of rotatable bonds is 3. The van der Waals surface area contributed by atoms with Gasteiger partial charge in [0.2, 0.25) is 0 Å². The number of hydrogen-bond acceptors (Lipinski definition) is 6. The summed E-state index contributed by atoms with van der Waals surface area (Å²) in [6.45, 7) is 6.96.